The van der Waals surface area contributed by atoms with Gasteiger partial charge in [0.05, 0.1) is 24.3 Å². The Morgan fingerprint density at radius 3 is 2.70 bits per heavy atom. The number of imidazole rings is 1. The molecule has 0 saturated heterocycles. The number of hydrogen-bond acceptors (Lipinski definition) is 2. The maximum Gasteiger partial charge on any atom is 0.168 e. The largest absolute Gasteiger partial charge is 0.322 e. The minimum Gasteiger partial charge on any atom is -0.322 e. The fraction of sp³-hybridized carbons (Fsp3) is 0.200. The number of hydrogen-bond donors (Lipinski definition) is 0. The van der Waals surface area contributed by atoms with Gasteiger partial charge in [-0.1, -0.05) is 48.5 Å². The van der Waals surface area contributed by atoms with Gasteiger partial charge >= 0.3 is 0 Å². The van der Waals surface area contributed by atoms with Crippen molar-refractivity contribution in [3.05, 3.63) is 77.7 Å². The number of rotatable bonds is 1. The van der Waals surface area contributed by atoms with E-state index in [1.807, 2.05) is 30.7 Å². The number of aromatic nitrogens is 2. The van der Waals surface area contributed by atoms with Gasteiger partial charge in [-0.25, -0.2) is 4.98 Å². The molecule has 3 heteroatoms. The van der Waals surface area contributed by atoms with Crippen molar-refractivity contribution in [1.29, 1.82) is 0 Å². The van der Waals surface area contributed by atoms with Crippen molar-refractivity contribution in [3.63, 3.8) is 0 Å². The Morgan fingerprint density at radius 1 is 1.00 bits per heavy atom. The molecule has 3 aromatic rings. The molecule has 1 aliphatic heterocycles. The standard InChI is InChI=1S/C20H16N2O/c23-20-14-6-2-1-5-13(14)9-10-17(20)19-16-8-4-3-7-15(16)18-11-21-12-22(18)19/h1-8,11-12,17,19H,9-10H2. The van der Waals surface area contributed by atoms with Crippen molar-refractivity contribution in [2.45, 2.75) is 18.9 Å². The van der Waals surface area contributed by atoms with Crippen LogP contribution >= 0.6 is 0 Å². The van der Waals surface area contributed by atoms with Crippen LogP contribution < -0.4 is 0 Å². The number of carbonyl (C=O) groups is 1. The molecule has 2 atom stereocenters. The minimum absolute atomic E-state index is 0.0125. The molecule has 0 N–H and O–H groups in total. The lowest BCUT2D eigenvalue weighted by atomic mass is 9.77. The van der Waals surface area contributed by atoms with Crippen molar-refractivity contribution in [3.8, 4) is 11.3 Å². The van der Waals surface area contributed by atoms with Crippen molar-refractivity contribution in [2.75, 3.05) is 0 Å². The molecule has 5 rings (SSSR count). The summed E-state index contributed by atoms with van der Waals surface area (Å²) in [6.07, 6.45) is 5.63. The fourth-order valence-corrected chi connectivity index (χ4v) is 4.21. The third-order valence-electron chi connectivity index (χ3n) is 5.25. The van der Waals surface area contributed by atoms with E-state index in [1.165, 1.54) is 16.7 Å². The first-order valence-electron chi connectivity index (χ1n) is 8.08. The lowest BCUT2D eigenvalue weighted by Crippen LogP contribution is -2.30. The van der Waals surface area contributed by atoms with Crippen LogP contribution in [-0.4, -0.2) is 15.3 Å². The molecule has 112 valence electrons. The van der Waals surface area contributed by atoms with Gasteiger partial charge in [0.1, 0.15) is 0 Å². The van der Waals surface area contributed by atoms with Gasteiger partial charge in [-0.3, -0.25) is 4.79 Å². The summed E-state index contributed by atoms with van der Waals surface area (Å²) in [5.74, 6) is 0.259. The van der Waals surface area contributed by atoms with E-state index in [2.05, 4.69) is 39.9 Å². The maximum atomic E-state index is 13.1. The number of nitrogens with zero attached hydrogens (tertiary/aromatic N) is 2. The topological polar surface area (TPSA) is 34.9 Å². The first-order valence-corrected chi connectivity index (χ1v) is 8.08. The van der Waals surface area contributed by atoms with Gasteiger partial charge in [0.15, 0.2) is 5.78 Å². The number of carbonyl (C=O) groups excluding carboxylic acids is 1. The van der Waals surface area contributed by atoms with Crippen molar-refractivity contribution < 1.29 is 4.79 Å². The van der Waals surface area contributed by atoms with E-state index in [0.717, 1.165) is 24.1 Å². The number of Topliss-reactive ketones (excluding diaryl/α,β-unsaturated/α-hetero) is 1. The molecular formula is C20H16N2O. The highest BCUT2D eigenvalue weighted by Gasteiger charge is 2.40. The lowest BCUT2D eigenvalue weighted by molar-refractivity contribution is 0.0871. The second-order valence-electron chi connectivity index (χ2n) is 6.38. The van der Waals surface area contributed by atoms with Crippen LogP contribution in [0.1, 0.15) is 33.9 Å². The van der Waals surface area contributed by atoms with Crippen LogP contribution in [0.4, 0.5) is 0 Å². The van der Waals surface area contributed by atoms with Crippen LogP contribution in [-0.2, 0) is 6.42 Å². The Hall–Kier alpha value is -2.68. The molecule has 1 aliphatic carbocycles. The molecular weight excluding hydrogens is 284 g/mol. The highest BCUT2D eigenvalue weighted by atomic mass is 16.1. The van der Waals surface area contributed by atoms with Crippen LogP contribution in [0.15, 0.2) is 61.1 Å². The van der Waals surface area contributed by atoms with E-state index in [-0.39, 0.29) is 17.7 Å². The van der Waals surface area contributed by atoms with Gasteiger partial charge in [0.2, 0.25) is 0 Å². The summed E-state index contributed by atoms with van der Waals surface area (Å²) < 4.78 is 2.18. The molecule has 2 aliphatic rings. The summed E-state index contributed by atoms with van der Waals surface area (Å²) in [6, 6.07) is 16.5. The molecule has 0 saturated carbocycles. The monoisotopic (exact) mass is 300 g/mol. The fourth-order valence-electron chi connectivity index (χ4n) is 4.21. The van der Waals surface area contributed by atoms with Crippen molar-refractivity contribution >= 4 is 5.78 Å². The average molecular weight is 300 g/mol. The molecule has 0 amide bonds. The second kappa shape index (κ2) is 4.66. The van der Waals surface area contributed by atoms with Crippen LogP contribution in [0.5, 0.6) is 0 Å². The van der Waals surface area contributed by atoms with Crippen LogP contribution in [0.25, 0.3) is 11.3 Å². The molecule has 0 bridgehead atoms. The molecule has 0 fully saturated rings. The van der Waals surface area contributed by atoms with E-state index in [4.69, 9.17) is 0 Å². The normalized spacial score (nSPS) is 21.7. The van der Waals surface area contributed by atoms with Gasteiger partial charge in [-0.2, -0.15) is 0 Å². The van der Waals surface area contributed by atoms with E-state index in [0.29, 0.717) is 0 Å². The first-order chi connectivity index (χ1) is 11.3. The predicted octanol–water partition coefficient (Wildman–Crippen LogP) is 3.90. The van der Waals surface area contributed by atoms with Gasteiger partial charge in [-0.05, 0) is 24.0 Å². The van der Waals surface area contributed by atoms with E-state index in [1.54, 1.807) is 0 Å². The highest BCUT2D eigenvalue weighted by Crippen LogP contribution is 2.46. The van der Waals surface area contributed by atoms with E-state index >= 15 is 0 Å². The highest BCUT2D eigenvalue weighted by molar-refractivity contribution is 6.01. The van der Waals surface area contributed by atoms with Gasteiger partial charge < -0.3 is 4.57 Å². The zero-order valence-electron chi connectivity index (χ0n) is 12.6. The van der Waals surface area contributed by atoms with Crippen LogP contribution in [0.3, 0.4) is 0 Å². The Labute approximate surface area is 134 Å². The Kier molecular flexibility index (Phi) is 2.60. The minimum atomic E-state index is -0.0125. The Balaban J connectivity index is 1.65. The number of benzene rings is 2. The zero-order chi connectivity index (χ0) is 15.4. The van der Waals surface area contributed by atoms with Gasteiger partial charge in [-0.15, -0.1) is 0 Å². The molecule has 2 unspecified atom stereocenters. The Bertz CT molecular complexity index is 925. The molecule has 3 nitrogen and oxygen atoms in total. The average Bonchev–Trinajstić information content (AvgIpc) is 3.17. The number of fused-ring (bicyclic) bond motifs is 4. The molecule has 0 radical (unpaired) electrons. The van der Waals surface area contributed by atoms with Gasteiger partial charge in [0, 0.05) is 17.0 Å². The van der Waals surface area contributed by atoms with E-state index < -0.39 is 0 Å². The predicted molar refractivity (Wildman–Crippen MR) is 88.4 cm³/mol. The molecule has 23 heavy (non-hydrogen) atoms. The summed E-state index contributed by atoms with van der Waals surface area (Å²) in [6.45, 7) is 0. The smallest absolute Gasteiger partial charge is 0.168 e. The third-order valence-corrected chi connectivity index (χ3v) is 5.25. The molecule has 2 aromatic carbocycles. The van der Waals surface area contributed by atoms with E-state index in [9.17, 15) is 4.79 Å². The number of ketones is 1. The van der Waals surface area contributed by atoms with Crippen molar-refractivity contribution in [2.24, 2.45) is 5.92 Å². The maximum absolute atomic E-state index is 13.1. The summed E-state index contributed by atoms with van der Waals surface area (Å²) in [5, 5.41) is 0. The second-order valence-corrected chi connectivity index (χ2v) is 6.38. The van der Waals surface area contributed by atoms with Crippen LogP contribution in [0.2, 0.25) is 0 Å². The lowest BCUT2D eigenvalue weighted by Gasteiger charge is -2.29. The zero-order valence-corrected chi connectivity index (χ0v) is 12.6. The Morgan fingerprint density at radius 2 is 1.78 bits per heavy atom. The summed E-state index contributed by atoms with van der Waals surface area (Å²) in [4.78, 5) is 17.4. The van der Waals surface area contributed by atoms with Gasteiger partial charge in [0.25, 0.3) is 0 Å². The first kappa shape index (κ1) is 12.8. The third kappa shape index (κ3) is 1.70. The summed E-state index contributed by atoms with van der Waals surface area (Å²) >= 11 is 0. The number of aryl methyl sites for hydroxylation is 1. The molecule has 2 heterocycles. The summed E-state index contributed by atoms with van der Waals surface area (Å²) in [7, 11) is 0. The molecule has 1 aromatic heterocycles. The van der Waals surface area contributed by atoms with Crippen molar-refractivity contribution in [1.82, 2.24) is 9.55 Å². The molecule has 0 spiro atoms. The summed E-state index contributed by atoms with van der Waals surface area (Å²) in [5.41, 5.74) is 5.67. The quantitative estimate of drug-likeness (QED) is 0.683. The van der Waals surface area contributed by atoms with Crippen LogP contribution in [0, 0.1) is 5.92 Å². The SMILES string of the molecule is O=C1c2ccccc2CCC1C1c2ccccc2-c2cncn21.